The summed E-state index contributed by atoms with van der Waals surface area (Å²) in [6.45, 7) is -0.565. The maximum Gasteiger partial charge on any atom is 0.317 e. The third-order valence-electron chi connectivity index (χ3n) is 3.79. The molecule has 0 bridgehead atoms. The predicted octanol–water partition coefficient (Wildman–Crippen LogP) is 3.23. The highest BCUT2D eigenvalue weighted by molar-refractivity contribution is 7.13. The third-order valence-corrected chi connectivity index (χ3v) is 4.48. The number of hydrogen-bond donors (Lipinski definition) is 2. The van der Waals surface area contributed by atoms with Crippen LogP contribution in [-0.4, -0.2) is 33.3 Å². The number of nitrogens with one attached hydrogen (secondary N) is 2. The number of ether oxygens (including phenoxy) is 1. The number of thiazole rings is 1. The zero-order valence-corrected chi connectivity index (χ0v) is 16.3. The number of benzene rings is 2. The lowest BCUT2D eigenvalue weighted by molar-refractivity contribution is -0.394. The highest BCUT2D eigenvalue weighted by atomic mass is 32.1. The summed E-state index contributed by atoms with van der Waals surface area (Å²) in [5.74, 6) is -1.26. The number of amides is 2. The molecule has 0 saturated heterocycles. The lowest BCUT2D eigenvalue weighted by Crippen LogP contribution is -2.20. The first-order valence-corrected chi connectivity index (χ1v) is 9.38. The van der Waals surface area contributed by atoms with Crippen LogP contribution >= 0.6 is 11.3 Å². The van der Waals surface area contributed by atoms with E-state index in [-0.39, 0.29) is 11.7 Å². The van der Waals surface area contributed by atoms with E-state index in [1.54, 1.807) is 11.6 Å². The van der Waals surface area contributed by atoms with Crippen molar-refractivity contribution in [1.29, 1.82) is 0 Å². The molecule has 0 aliphatic heterocycles. The summed E-state index contributed by atoms with van der Waals surface area (Å²) in [6, 6.07) is 8.85. The number of non-ortho nitro benzene ring substituents is 1. The number of nitrogens with zero attached hydrogens (tertiary/aromatic N) is 3. The van der Waals surface area contributed by atoms with Crippen molar-refractivity contribution in [3.63, 3.8) is 0 Å². The highest BCUT2D eigenvalue weighted by Crippen LogP contribution is 2.30. The Morgan fingerprint density at radius 3 is 2.39 bits per heavy atom. The highest BCUT2D eigenvalue weighted by Gasteiger charge is 2.21. The van der Waals surface area contributed by atoms with E-state index in [1.807, 2.05) is 0 Å². The summed E-state index contributed by atoms with van der Waals surface area (Å²) in [5, 5.41) is 29.2. The maximum absolute atomic E-state index is 12.1. The molecule has 0 fully saturated rings. The Kier molecular flexibility index (Phi) is 6.47. The van der Waals surface area contributed by atoms with Gasteiger partial charge in [-0.3, -0.25) is 35.1 Å². The Morgan fingerprint density at radius 2 is 1.77 bits per heavy atom. The molecule has 13 heteroatoms. The fraction of sp³-hybridized carbons (Fsp3) is 0.0556. The molecule has 0 aliphatic carbocycles. The zero-order valence-electron chi connectivity index (χ0n) is 15.5. The van der Waals surface area contributed by atoms with Crippen LogP contribution in [0.25, 0.3) is 0 Å². The molecule has 158 valence electrons. The van der Waals surface area contributed by atoms with Gasteiger partial charge in [-0.15, -0.1) is 11.3 Å². The topological polar surface area (TPSA) is 167 Å². The third kappa shape index (κ3) is 5.57. The molecule has 3 aromatic rings. The molecule has 12 nitrogen and oxygen atoms in total. The van der Waals surface area contributed by atoms with E-state index in [1.165, 1.54) is 35.6 Å². The second-order valence-corrected chi connectivity index (χ2v) is 6.77. The van der Waals surface area contributed by atoms with E-state index in [2.05, 4.69) is 15.6 Å². The molecular weight excluding hydrogens is 430 g/mol. The van der Waals surface area contributed by atoms with Gasteiger partial charge in [-0.1, -0.05) is 0 Å². The van der Waals surface area contributed by atoms with Gasteiger partial charge in [0.2, 0.25) is 0 Å². The first-order valence-electron chi connectivity index (χ1n) is 8.50. The van der Waals surface area contributed by atoms with E-state index >= 15 is 0 Å². The van der Waals surface area contributed by atoms with E-state index in [0.717, 1.165) is 18.2 Å². The SMILES string of the molecule is O=C(COc1ccc([N+](=O)[O-])cc1[N+](=O)[O-])Nc1ccc(C(=O)Nc2nccs2)cc1. The van der Waals surface area contributed by atoms with Crippen LogP contribution in [0.5, 0.6) is 5.75 Å². The number of aromatic nitrogens is 1. The lowest BCUT2D eigenvalue weighted by atomic mass is 10.2. The van der Waals surface area contributed by atoms with Crippen LogP contribution in [-0.2, 0) is 4.79 Å². The average Bonchev–Trinajstić information content (AvgIpc) is 3.25. The molecule has 0 atom stereocenters. The minimum absolute atomic E-state index is 0.278. The summed E-state index contributed by atoms with van der Waals surface area (Å²) in [7, 11) is 0. The number of carbonyl (C=O) groups is 2. The predicted molar refractivity (Wildman–Crippen MR) is 110 cm³/mol. The minimum Gasteiger partial charge on any atom is -0.477 e. The molecule has 2 amide bonds. The average molecular weight is 443 g/mol. The standard InChI is InChI=1S/C18H13N5O7S/c24-16(10-30-15-6-5-13(22(26)27)9-14(15)23(28)29)20-12-3-1-11(2-4-12)17(25)21-18-19-7-8-31-18/h1-9H,10H2,(H,20,24)(H,19,21,25). The van der Waals surface area contributed by atoms with Gasteiger partial charge in [0.1, 0.15) is 0 Å². The summed E-state index contributed by atoms with van der Waals surface area (Å²) < 4.78 is 5.14. The number of rotatable bonds is 8. The normalized spacial score (nSPS) is 10.2. The summed E-state index contributed by atoms with van der Waals surface area (Å²) in [6.07, 6.45) is 1.56. The molecule has 0 spiro atoms. The van der Waals surface area contributed by atoms with Crippen molar-refractivity contribution in [1.82, 2.24) is 4.98 Å². The fourth-order valence-corrected chi connectivity index (χ4v) is 2.91. The molecule has 0 radical (unpaired) electrons. The first-order chi connectivity index (χ1) is 14.8. The Morgan fingerprint density at radius 1 is 1.03 bits per heavy atom. The second kappa shape index (κ2) is 9.41. The van der Waals surface area contributed by atoms with E-state index < -0.39 is 33.7 Å². The number of anilines is 2. The number of hydrogen-bond acceptors (Lipinski definition) is 9. The molecule has 0 unspecified atom stereocenters. The summed E-state index contributed by atoms with van der Waals surface area (Å²) in [5.41, 5.74) is -0.372. The van der Waals surface area contributed by atoms with Crippen molar-refractivity contribution in [2.75, 3.05) is 17.2 Å². The Labute approximate surface area is 177 Å². The molecular formula is C18H13N5O7S. The van der Waals surface area contributed by atoms with Gasteiger partial charge in [0.05, 0.1) is 15.9 Å². The monoisotopic (exact) mass is 443 g/mol. The van der Waals surface area contributed by atoms with E-state index in [0.29, 0.717) is 16.4 Å². The van der Waals surface area contributed by atoms with Crippen molar-refractivity contribution in [2.24, 2.45) is 0 Å². The molecule has 2 N–H and O–H groups in total. The second-order valence-electron chi connectivity index (χ2n) is 5.87. The maximum atomic E-state index is 12.1. The molecule has 1 aromatic heterocycles. The van der Waals surface area contributed by atoms with E-state index in [4.69, 9.17) is 4.74 Å². The van der Waals surface area contributed by atoms with Crippen LogP contribution in [0.3, 0.4) is 0 Å². The largest absolute Gasteiger partial charge is 0.477 e. The molecule has 2 aromatic carbocycles. The van der Waals surface area contributed by atoms with Crippen molar-refractivity contribution in [3.05, 3.63) is 79.8 Å². The molecule has 31 heavy (non-hydrogen) atoms. The van der Waals surface area contributed by atoms with Crippen LogP contribution in [0, 0.1) is 20.2 Å². The van der Waals surface area contributed by atoms with Crippen LogP contribution in [0.4, 0.5) is 22.2 Å². The summed E-state index contributed by atoms with van der Waals surface area (Å²) in [4.78, 5) is 48.4. The Hall–Kier alpha value is -4.39. The van der Waals surface area contributed by atoms with Gasteiger partial charge in [-0.2, -0.15) is 0 Å². The van der Waals surface area contributed by atoms with Crippen LogP contribution in [0.15, 0.2) is 54.0 Å². The van der Waals surface area contributed by atoms with Gasteiger partial charge in [0, 0.05) is 28.9 Å². The lowest BCUT2D eigenvalue weighted by Gasteiger charge is -2.08. The Bertz CT molecular complexity index is 1130. The summed E-state index contributed by atoms with van der Waals surface area (Å²) >= 11 is 1.28. The van der Waals surface area contributed by atoms with Crippen LogP contribution < -0.4 is 15.4 Å². The number of carbonyl (C=O) groups excluding carboxylic acids is 2. The molecule has 0 aliphatic rings. The van der Waals surface area contributed by atoms with Gasteiger partial charge >= 0.3 is 5.69 Å². The molecule has 1 heterocycles. The fourth-order valence-electron chi connectivity index (χ4n) is 2.38. The van der Waals surface area contributed by atoms with Crippen molar-refractivity contribution < 1.29 is 24.2 Å². The minimum atomic E-state index is -0.838. The quantitative estimate of drug-likeness (QED) is 0.395. The van der Waals surface area contributed by atoms with E-state index in [9.17, 15) is 29.8 Å². The molecule has 3 rings (SSSR count). The van der Waals surface area contributed by atoms with Gasteiger partial charge in [-0.05, 0) is 30.3 Å². The van der Waals surface area contributed by atoms with Crippen molar-refractivity contribution in [3.8, 4) is 5.75 Å². The van der Waals surface area contributed by atoms with Gasteiger partial charge in [-0.25, -0.2) is 4.98 Å². The number of nitro benzene ring substituents is 2. The van der Waals surface area contributed by atoms with Crippen LogP contribution in [0.1, 0.15) is 10.4 Å². The molecule has 0 saturated carbocycles. The smallest absolute Gasteiger partial charge is 0.317 e. The van der Waals surface area contributed by atoms with Gasteiger partial charge < -0.3 is 10.1 Å². The number of nitro groups is 2. The van der Waals surface area contributed by atoms with Gasteiger partial charge in [0.25, 0.3) is 17.5 Å². The zero-order chi connectivity index (χ0) is 22.4. The van der Waals surface area contributed by atoms with Gasteiger partial charge in [0.15, 0.2) is 17.5 Å². The first kappa shape index (κ1) is 21.3. The van der Waals surface area contributed by atoms with Crippen LogP contribution in [0.2, 0.25) is 0 Å². The van der Waals surface area contributed by atoms with Crippen molar-refractivity contribution >= 4 is 45.3 Å². The Balaban J connectivity index is 1.58. The van der Waals surface area contributed by atoms with Crippen molar-refractivity contribution in [2.45, 2.75) is 0 Å².